The lowest BCUT2D eigenvalue weighted by molar-refractivity contribution is 0.0952. The number of ether oxygens (including phenoxy) is 1. The topological polar surface area (TPSA) is 56.1 Å². The van der Waals surface area contributed by atoms with E-state index < -0.39 is 0 Å². The molecule has 140 valence electrons. The Kier molecular flexibility index (Phi) is 6.49. The number of benzene rings is 2. The van der Waals surface area contributed by atoms with Crippen LogP contribution in [0.2, 0.25) is 5.02 Å². The van der Waals surface area contributed by atoms with Crippen molar-refractivity contribution in [2.75, 3.05) is 6.54 Å². The third-order valence-electron chi connectivity index (χ3n) is 4.11. The number of nitrogens with zero attached hydrogens (tertiary/aromatic N) is 2. The van der Waals surface area contributed by atoms with Gasteiger partial charge in [-0.3, -0.25) is 9.48 Å². The van der Waals surface area contributed by atoms with Crippen LogP contribution in [-0.4, -0.2) is 22.2 Å². The predicted molar refractivity (Wildman–Crippen MR) is 106 cm³/mol. The summed E-state index contributed by atoms with van der Waals surface area (Å²) in [6, 6.07) is 15.0. The zero-order valence-corrected chi connectivity index (χ0v) is 15.9. The van der Waals surface area contributed by atoms with Gasteiger partial charge >= 0.3 is 0 Å². The first kappa shape index (κ1) is 19.0. The van der Waals surface area contributed by atoms with E-state index in [-0.39, 0.29) is 5.91 Å². The van der Waals surface area contributed by atoms with Crippen LogP contribution in [0, 0.1) is 6.92 Å². The van der Waals surface area contributed by atoms with Crippen molar-refractivity contribution in [1.82, 2.24) is 15.1 Å². The molecule has 0 radical (unpaired) electrons. The highest BCUT2D eigenvalue weighted by atomic mass is 35.5. The highest BCUT2D eigenvalue weighted by Gasteiger charge is 2.06. The van der Waals surface area contributed by atoms with Gasteiger partial charge < -0.3 is 10.1 Å². The molecule has 3 rings (SSSR count). The molecule has 0 aliphatic carbocycles. The molecule has 3 aromatic rings. The van der Waals surface area contributed by atoms with E-state index in [4.69, 9.17) is 16.3 Å². The van der Waals surface area contributed by atoms with E-state index in [0.717, 1.165) is 24.1 Å². The van der Waals surface area contributed by atoms with Gasteiger partial charge in [0.2, 0.25) is 0 Å². The normalized spacial score (nSPS) is 10.6. The first-order chi connectivity index (χ1) is 13.1. The van der Waals surface area contributed by atoms with E-state index in [2.05, 4.69) is 10.4 Å². The van der Waals surface area contributed by atoms with Crippen molar-refractivity contribution in [2.45, 2.75) is 26.5 Å². The largest absolute Gasteiger partial charge is 0.487 e. The van der Waals surface area contributed by atoms with E-state index in [1.165, 1.54) is 0 Å². The number of rotatable bonds is 8. The number of aromatic nitrogens is 2. The smallest absolute Gasteiger partial charge is 0.251 e. The summed E-state index contributed by atoms with van der Waals surface area (Å²) in [4.78, 5) is 12.2. The second-order valence-electron chi connectivity index (χ2n) is 6.30. The highest BCUT2D eigenvalue weighted by Crippen LogP contribution is 2.26. The van der Waals surface area contributed by atoms with Crippen molar-refractivity contribution in [2.24, 2.45) is 0 Å². The molecule has 0 saturated heterocycles. The Morgan fingerprint density at radius 3 is 2.78 bits per heavy atom. The lowest BCUT2D eigenvalue weighted by Gasteiger charge is -2.10. The second-order valence-corrected chi connectivity index (χ2v) is 6.71. The van der Waals surface area contributed by atoms with Gasteiger partial charge in [0.15, 0.2) is 0 Å². The van der Waals surface area contributed by atoms with E-state index >= 15 is 0 Å². The molecule has 1 N–H and O–H groups in total. The second kappa shape index (κ2) is 9.24. The third-order valence-corrected chi connectivity index (χ3v) is 4.42. The Labute approximate surface area is 163 Å². The first-order valence-corrected chi connectivity index (χ1v) is 9.23. The molecule has 0 aliphatic rings. The van der Waals surface area contributed by atoms with Crippen LogP contribution in [0.4, 0.5) is 0 Å². The van der Waals surface area contributed by atoms with E-state index in [1.54, 1.807) is 18.3 Å². The summed E-state index contributed by atoms with van der Waals surface area (Å²) < 4.78 is 7.63. The Balaban J connectivity index is 1.46. The van der Waals surface area contributed by atoms with Crippen LogP contribution in [0.1, 0.15) is 27.9 Å². The summed E-state index contributed by atoms with van der Waals surface area (Å²) in [5, 5.41) is 7.65. The van der Waals surface area contributed by atoms with Crippen LogP contribution in [0.15, 0.2) is 60.9 Å². The van der Waals surface area contributed by atoms with Crippen LogP contribution >= 0.6 is 11.6 Å². The number of hydrogen-bond acceptors (Lipinski definition) is 3. The molecule has 0 atom stereocenters. The molecule has 1 amide bonds. The van der Waals surface area contributed by atoms with Gasteiger partial charge in [-0.15, -0.1) is 0 Å². The van der Waals surface area contributed by atoms with Crippen molar-refractivity contribution in [3.05, 3.63) is 82.6 Å². The fourth-order valence-electron chi connectivity index (χ4n) is 2.61. The summed E-state index contributed by atoms with van der Waals surface area (Å²) in [5.74, 6) is 0.584. The van der Waals surface area contributed by atoms with Crippen LogP contribution < -0.4 is 10.1 Å². The first-order valence-electron chi connectivity index (χ1n) is 8.85. The van der Waals surface area contributed by atoms with Gasteiger partial charge in [-0.05, 0) is 54.8 Å². The Morgan fingerprint density at radius 2 is 2.04 bits per heavy atom. The highest BCUT2D eigenvalue weighted by molar-refractivity contribution is 6.32. The molecule has 0 unspecified atom stereocenters. The average molecular weight is 384 g/mol. The number of halogens is 1. The monoisotopic (exact) mass is 383 g/mol. The number of aryl methyl sites for hydroxylation is 2. The van der Waals surface area contributed by atoms with Crippen molar-refractivity contribution in [3.63, 3.8) is 0 Å². The minimum atomic E-state index is -0.0790. The van der Waals surface area contributed by atoms with Crippen LogP contribution in [0.25, 0.3) is 0 Å². The average Bonchev–Trinajstić information content (AvgIpc) is 3.20. The number of hydrogen-bond donors (Lipinski definition) is 1. The van der Waals surface area contributed by atoms with Gasteiger partial charge in [-0.1, -0.05) is 29.8 Å². The van der Waals surface area contributed by atoms with Gasteiger partial charge in [0.25, 0.3) is 5.91 Å². The van der Waals surface area contributed by atoms with Crippen molar-refractivity contribution in [1.29, 1.82) is 0 Å². The molecule has 0 fully saturated rings. The zero-order chi connectivity index (χ0) is 19.1. The zero-order valence-electron chi connectivity index (χ0n) is 15.2. The Hall–Kier alpha value is -2.79. The van der Waals surface area contributed by atoms with Gasteiger partial charge in [-0.2, -0.15) is 5.10 Å². The molecule has 27 heavy (non-hydrogen) atoms. The molecule has 1 aromatic heterocycles. The molecule has 6 heteroatoms. The number of carbonyl (C=O) groups excluding carboxylic acids is 1. The number of amides is 1. The Morgan fingerprint density at radius 1 is 1.22 bits per heavy atom. The van der Waals surface area contributed by atoms with Gasteiger partial charge in [0.05, 0.1) is 5.02 Å². The molecule has 5 nitrogen and oxygen atoms in total. The molecular formula is C21H22ClN3O2. The maximum absolute atomic E-state index is 12.2. The maximum Gasteiger partial charge on any atom is 0.251 e. The van der Waals surface area contributed by atoms with Crippen LogP contribution in [0.5, 0.6) is 5.75 Å². The molecule has 0 spiro atoms. The molecule has 0 aliphatic heterocycles. The van der Waals surface area contributed by atoms with Crippen LogP contribution in [-0.2, 0) is 13.2 Å². The fourth-order valence-corrected chi connectivity index (χ4v) is 2.78. The molecule has 0 bridgehead atoms. The van der Waals surface area contributed by atoms with E-state index in [0.29, 0.717) is 29.5 Å². The number of nitrogens with one attached hydrogen (secondary N) is 1. The number of carbonyl (C=O) groups is 1. The summed E-state index contributed by atoms with van der Waals surface area (Å²) in [6.45, 7) is 3.78. The van der Waals surface area contributed by atoms with Crippen molar-refractivity contribution in [3.8, 4) is 5.75 Å². The minimum absolute atomic E-state index is 0.0790. The third kappa shape index (κ3) is 5.59. The van der Waals surface area contributed by atoms with Crippen molar-refractivity contribution < 1.29 is 9.53 Å². The molecule has 2 aromatic carbocycles. The standard InChI is InChI=1S/C21H22ClN3O2/c1-16-4-9-19(22)20(14-16)27-15-17-5-7-18(8-6-17)21(26)23-10-2-12-25-13-3-11-24-25/h3-9,11,13-14H,2,10,12,15H2,1H3,(H,23,26). The summed E-state index contributed by atoms with van der Waals surface area (Å²) in [5.41, 5.74) is 2.70. The molecule has 1 heterocycles. The lowest BCUT2D eigenvalue weighted by Crippen LogP contribution is -2.25. The Bertz CT molecular complexity index is 877. The SMILES string of the molecule is Cc1ccc(Cl)c(OCc2ccc(C(=O)NCCCn3cccn3)cc2)c1. The summed E-state index contributed by atoms with van der Waals surface area (Å²) in [6.07, 6.45) is 4.49. The lowest BCUT2D eigenvalue weighted by atomic mass is 10.1. The van der Waals surface area contributed by atoms with E-state index in [9.17, 15) is 4.79 Å². The maximum atomic E-state index is 12.2. The molecular weight excluding hydrogens is 362 g/mol. The van der Waals surface area contributed by atoms with Gasteiger partial charge in [-0.25, -0.2) is 0 Å². The van der Waals surface area contributed by atoms with Gasteiger partial charge in [0, 0.05) is 31.0 Å². The van der Waals surface area contributed by atoms with Gasteiger partial charge in [0.1, 0.15) is 12.4 Å². The minimum Gasteiger partial charge on any atom is -0.487 e. The quantitative estimate of drug-likeness (QED) is 0.592. The predicted octanol–water partition coefficient (Wildman–Crippen LogP) is 4.24. The summed E-state index contributed by atoms with van der Waals surface area (Å²) in [7, 11) is 0. The molecule has 0 saturated carbocycles. The summed E-state index contributed by atoms with van der Waals surface area (Å²) >= 11 is 6.14. The van der Waals surface area contributed by atoms with E-state index in [1.807, 2.05) is 54.2 Å². The van der Waals surface area contributed by atoms with Crippen LogP contribution in [0.3, 0.4) is 0 Å². The fraction of sp³-hybridized carbons (Fsp3) is 0.238. The van der Waals surface area contributed by atoms with Crippen molar-refractivity contribution >= 4 is 17.5 Å².